The molecule has 1 heterocycles. The van der Waals surface area contributed by atoms with Gasteiger partial charge in [-0.25, -0.2) is 13.2 Å². The molecule has 0 aromatic heterocycles. The average molecular weight is 326 g/mol. The summed E-state index contributed by atoms with van der Waals surface area (Å²) in [6.45, 7) is 5.12. The highest BCUT2D eigenvalue weighted by Gasteiger charge is 2.23. The molecule has 1 aliphatic rings. The number of nitrogens with zero attached hydrogens (tertiary/aromatic N) is 2. The second-order valence-corrected chi connectivity index (χ2v) is 7.27. The number of carbonyl (C=O) groups excluding carboxylic acids is 1. The minimum Gasteiger partial charge on any atom is -0.450 e. The van der Waals surface area contributed by atoms with E-state index in [4.69, 9.17) is 4.74 Å². The van der Waals surface area contributed by atoms with Gasteiger partial charge in [0.25, 0.3) is 0 Å². The summed E-state index contributed by atoms with van der Waals surface area (Å²) in [7, 11) is -3.25. The van der Waals surface area contributed by atoms with Crippen LogP contribution in [0.25, 0.3) is 0 Å². The van der Waals surface area contributed by atoms with Gasteiger partial charge >= 0.3 is 6.09 Å². The summed E-state index contributed by atoms with van der Waals surface area (Å²) in [5.41, 5.74) is 0. The van der Waals surface area contributed by atoms with E-state index in [9.17, 15) is 13.2 Å². The zero-order chi connectivity index (χ0) is 16.0. The van der Waals surface area contributed by atoms with Crippen LogP contribution in [0.3, 0.4) is 0 Å². The van der Waals surface area contributed by atoms with Crippen molar-refractivity contribution >= 4 is 15.9 Å². The lowest BCUT2D eigenvalue weighted by Gasteiger charge is -2.33. The largest absolute Gasteiger partial charge is 0.450 e. The van der Waals surface area contributed by atoms with Crippen molar-refractivity contribution in [2.24, 2.45) is 0 Å². The Hall–Kier alpha value is -1.60. The van der Waals surface area contributed by atoms with Crippen molar-refractivity contribution in [3.8, 4) is 0 Å². The minimum absolute atomic E-state index is 0.0937. The molecule has 1 fully saturated rings. The maximum absolute atomic E-state index is 12.2. The van der Waals surface area contributed by atoms with Crippen molar-refractivity contribution in [3.63, 3.8) is 0 Å². The molecule has 122 valence electrons. The summed E-state index contributed by atoms with van der Waals surface area (Å²) in [4.78, 5) is 15.7. The molecule has 2 rings (SSSR count). The minimum atomic E-state index is -3.25. The van der Waals surface area contributed by atoms with Crippen LogP contribution in [-0.2, 0) is 14.6 Å². The Morgan fingerprint density at radius 3 is 2.36 bits per heavy atom. The van der Waals surface area contributed by atoms with E-state index in [0.29, 0.717) is 44.2 Å². The Morgan fingerprint density at radius 2 is 1.77 bits per heavy atom. The second kappa shape index (κ2) is 7.60. The van der Waals surface area contributed by atoms with Gasteiger partial charge < -0.3 is 9.64 Å². The van der Waals surface area contributed by atoms with Crippen LogP contribution in [0.5, 0.6) is 0 Å². The Balaban J connectivity index is 1.81. The first-order valence-electron chi connectivity index (χ1n) is 7.45. The zero-order valence-corrected chi connectivity index (χ0v) is 13.6. The molecule has 0 spiro atoms. The third-order valence-electron chi connectivity index (χ3n) is 3.68. The van der Waals surface area contributed by atoms with Gasteiger partial charge in [-0.05, 0) is 19.1 Å². The Kier molecular flexibility index (Phi) is 5.79. The van der Waals surface area contributed by atoms with Crippen LogP contribution in [0.2, 0.25) is 0 Å². The van der Waals surface area contributed by atoms with E-state index < -0.39 is 9.84 Å². The molecule has 1 saturated heterocycles. The van der Waals surface area contributed by atoms with E-state index in [1.165, 1.54) is 0 Å². The standard InChI is InChI=1S/C15H22N2O4S/c1-2-21-15(18)17-10-8-16(9-11-17)12-13-22(19,20)14-6-4-3-5-7-14/h3-7H,2,8-13H2,1H3. The van der Waals surface area contributed by atoms with Crippen molar-refractivity contribution in [1.29, 1.82) is 0 Å². The lowest BCUT2D eigenvalue weighted by atomic mass is 10.3. The lowest BCUT2D eigenvalue weighted by Crippen LogP contribution is -2.49. The highest BCUT2D eigenvalue weighted by atomic mass is 32.2. The number of piperazine rings is 1. The average Bonchev–Trinajstić information content (AvgIpc) is 2.54. The summed E-state index contributed by atoms with van der Waals surface area (Å²) in [6.07, 6.45) is -0.293. The Labute approximate surface area is 131 Å². The van der Waals surface area contributed by atoms with Gasteiger partial charge in [0.2, 0.25) is 0 Å². The summed E-state index contributed by atoms with van der Waals surface area (Å²) in [6, 6.07) is 8.49. The number of hydrogen-bond donors (Lipinski definition) is 0. The van der Waals surface area contributed by atoms with Gasteiger partial charge in [0.15, 0.2) is 9.84 Å². The molecule has 0 saturated carbocycles. The van der Waals surface area contributed by atoms with E-state index in [1.807, 2.05) is 0 Å². The number of hydrogen-bond acceptors (Lipinski definition) is 5. The van der Waals surface area contributed by atoms with Crippen molar-refractivity contribution in [2.45, 2.75) is 11.8 Å². The van der Waals surface area contributed by atoms with Crippen LogP contribution in [-0.4, -0.2) is 69.4 Å². The van der Waals surface area contributed by atoms with Crippen molar-refractivity contribution in [3.05, 3.63) is 30.3 Å². The zero-order valence-electron chi connectivity index (χ0n) is 12.8. The van der Waals surface area contributed by atoms with E-state index in [0.717, 1.165) is 0 Å². The molecule has 0 N–H and O–H groups in total. The molecule has 1 amide bonds. The fourth-order valence-corrected chi connectivity index (χ4v) is 3.67. The summed E-state index contributed by atoms with van der Waals surface area (Å²) in [5, 5.41) is 0. The molecule has 0 atom stereocenters. The van der Waals surface area contributed by atoms with E-state index in [1.54, 1.807) is 42.2 Å². The molecule has 0 bridgehead atoms. The smallest absolute Gasteiger partial charge is 0.409 e. The molecule has 6 nitrogen and oxygen atoms in total. The van der Waals surface area contributed by atoms with Crippen LogP contribution >= 0.6 is 0 Å². The summed E-state index contributed by atoms with van der Waals surface area (Å²) < 4.78 is 29.4. The van der Waals surface area contributed by atoms with Crippen LogP contribution in [0.1, 0.15) is 6.92 Å². The molecule has 1 aliphatic heterocycles. The maximum atomic E-state index is 12.2. The highest BCUT2D eigenvalue weighted by Crippen LogP contribution is 2.11. The monoisotopic (exact) mass is 326 g/mol. The fraction of sp³-hybridized carbons (Fsp3) is 0.533. The predicted molar refractivity (Wildman–Crippen MR) is 83.5 cm³/mol. The first-order valence-corrected chi connectivity index (χ1v) is 9.10. The van der Waals surface area contributed by atoms with Crippen LogP contribution in [0.4, 0.5) is 4.79 Å². The van der Waals surface area contributed by atoms with Crippen molar-refractivity contribution in [2.75, 3.05) is 45.1 Å². The molecule has 0 radical (unpaired) electrons. The van der Waals surface area contributed by atoms with Gasteiger partial charge in [-0.1, -0.05) is 18.2 Å². The summed E-state index contributed by atoms with van der Waals surface area (Å²) in [5.74, 6) is 0.0937. The maximum Gasteiger partial charge on any atom is 0.409 e. The molecular formula is C15H22N2O4S. The molecule has 1 aromatic rings. The van der Waals surface area contributed by atoms with Crippen LogP contribution in [0, 0.1) is 0 Å². The molecule has 0 aliphatic carbocycles. The Bertz CT molecular complexity index is 581. The Morgan fingerprint density at radius 1 is 1.14 bits per heavy atom. The third kappa shape index (κ3) is 4.45. The fourth-order valence-electron chi connectivity index (χ4n) is 2.36. The van der Waals surface area contributed by atoms with Gasteiger partial charge in [-0.3, -0.25) is 4.90 Å². The van der Waals surface area contributed by atoms with Gasteiger partial charge in [0.05, 0.1) is 17.3 Å². The normalized spacial score (nSPS) is 16.5. The molecule has 22 heavy (non-hydrogen) atoms. The number of carbonyl (C=O) groups is 1. The van der Waals surface area contributed by atoms with Crippen LogP contribution in [0.15, 0.2) is 35.2 Å². The van der Waals surface area contributed by atoms with Crippen LogP contribution < -0.4 is 0 Å². The molecule has 7 heteroatoms. The highest BCUT2D eigenvalue weighted by molar-refractivity contribution is 7.91. The van der Waals surface area contributed by atoms with E-state index in [-0.39, 0.29) is 11.8 Å². The number of sulfone groups is 1. The topological polar surface area (TPSA) is 66.9 Å². The van der Waals surface area contributed by atoms with E-state index >= 15 is 0 Å². The van der Waals surface area contributed by atoms with Gasteiger partial charge in [0.1, 0.15) is 0 Å². The molecular weight excluding hydrogens is 304 g/mol. The number of amides is 1. The first kappa shape index (κ1) is 16.8. The predicted octanol–water partition coefficient (Wildman–Crippen LogP) is 1.23. The quantitative estimate of drug-likeness (QED) is 0.814. The molecule has 0 unspecified atom stereocenters. The van der Waals surface area contributed by atoms with Crippen molar-refractivity contribution in [1.82, 2.24) is 9.80 Å². The second-order valence-electron chi connectivity index (χ2n) is 5.16. The van der Waals surface area contributed by atoms with Gasteiger partial charge in [-0.2, -0.15) is 0 Å². The SMILES string of the molecule is CCOC(=O)N1CCN(CCS(=O)(=O)c2ccccc2)CC1. The van der Waals surface area contributed by atoms with E-state index in [2.05, 4.69) is 4.90 Å². The number of rotatable bonds is 5. The molecule has 1 aromatic carbocycles. The first-order chi connectivity index (χ1) is 10.5. The lowest BCUT2D eigenvalue weighted by molar-refractivity contribution is 0.0812. The summed E-state index contributed by atoms with van der Waals surface area (Å²) >= 11 is 0. The van der Waals surface area contributed by atoms with Gasteiger partial charge in [-0.15, -0.1) is 0 Å². The number of ether oxygens (including phenoxy) is 1. The van der Waals surface area contributed by atoms with Gasteiger partial charge in [0, 0.05) is 32.7 Å². The third-order valence-corrected chi connectivity index (χ3v) is 5.39. The number of benzene rings is 1. The van der Waals surface area contributed by atoms with Crippen molar-refractivity contribution < 1.29 is 17.9 Å².